The minimum absolute atomic E-state index is 0.395. The number of aliphatic carboxylic acids is 1. The highest BCUT2D eigenvalue weighted by Gasteiger charge is 2.12. The summed E-state index contributed by atoms with van der Waals surface area (Å²) in [6.07, 6.45) is 0.114. The Morgan fingerprint density at radius 2 is 1.95 bits per heavy atom. The van der Waals surface area contributed by atoms with E-state index in [1.165, 1.54) is 0 Å². The molecule has 6 heteroatoms. The first-order valence-corrected chi connectivity index (χ1v) is 6.02. The summed E-state index contributed by atoms with van der Waals surface area (Å²) in [4.78, 5) is 21.5. The average molecular weight is 265 g/mol. The quantitative estimate of drug-likeness (QED) is 0.761. The molecule has 19 heavy (non-hydrogen) atoms. The second-order valence-corrected chi connectivity index (χ2v) is 4.15. The van der Waals surface area contributed by atoms with Crippen LogP contribution >= 0.6 is 0 Å². The first-order valence-electron chi connectivity index (χ1n) is 6.02. The lowest BCUT2D eigenvalue weighted by Crippen LogP contribution is -2.27. The summed E-state index contributed by atoms with van der Waals surface area (Å²) >= 11 is 0. The summed E-state index contributed by atoms with van der Waals surface area (Å²) in [6, 6.07) is 5.61. The molecule has 1 amide bonds. The fourth-order valence-corrected chi connectivity index (χ4v) is 1.79. The predicted molar refractivity (Wildman–Crippen MR) is 66.4 cm³/mol. The highest BCUT2D eigenvalue weighted by molar-refractivity contribution is 5.93. The van der Waals surface area contributed by atoms with Crippen LogP contribution in [0.2, 0.25) is 0 Å². The molecule has 1 aliphatic rings. The number of hydrogen-bond acceptors (Lipinski definition) is 4. The molecule has 0 aromatic heterocycles. The number of benzene rings is 1. The molecule has 0 saturated carbocycles. The molecular formula is C13H15NO5. The van der Waals surface area contributed by atoms with Gasteiger partial charge in [-0.05, 0) is 24.1 Å². The number of amides is 1. The fourth-order valence-electron chi connectivity index (χ4n) is 1.79. The maximum atomic E-state index is 11.1. The van der Waals surface area contributed by atoms with E-state index in [0.29, 0.717) is 31.9 Å². The van der Waals surface area contributed by atoms with E-state index in [0.717, 1.165) is 11.3 Å². The molecule has 6 nitrogen and oxygen atoms in total. The van der Waals surface area contributed by atoms with Crippen molar-refractivity contribution < 1.29 is 24.2 Å². The number of carbonyl (C=O) groups is 2. The maximum Gasteiger partial charge on any atom is 0.312 e. The zero-order chi connectivity index (χ0) is 13.7. The van der Waals surface area contributed by atoms with Crippen LogP contribution in [0.25, 0.3) is 0 Å². The van der Waals surface area contributed by atoms with Gasteiger partial charge in [0.05, 0.1) is 0 Å². The van der Waals surface area contributed by atoms with Crippen LogP contribution in [0.3, 0.4) is 0 Å². The highest BCUT2D eigenvalue weighted by atomic mass is 16.6. The Balaban J connectivity index is 1.83. The summed E-state index contributed by atoms with van der Waals surface area (Å²) in [6.45, 7) is 1.48. The van der Waals surface area contributed by atoms with Crippen molar-refractivity contribution in [2.45, 2.75) is 12.8 Å². The minimum atomic E-state index is -1.13. The van der Waals surface area contributed by atoms with Gasteiger partial charge in [-0.1, -0.05) is 6.07 Å². The third kappa shape index (κ3) is 3.87. The van der Waals surface area contributed by atoms with Crippen LogP contribution in [0.15, 0.2) is 18.2 Å². The number of rotatable bonds is 5. The van der Waals surface area contributed by atoms with Gasteiger partial charge < -0.3 is 19.9 Å². The lowest BCUT2D eigenvalue weighted by atomic mass is 10.1. The Hall–Kier alpha value is -2.24. The van der Waals surface area contributed by atoms with Gasteiger partial charge in [-0.25, -0.2) is 0 Å². The van der Waals surface area contributed by atoms with Gasteiger partial charge in [-0.3, -0.25) is 9.59 Å². The Morgan fingerprint density at radius 1 is 1.21 bits per heavy atom. The molecule has 0 radical (unpaired) electrons. The number of hydrogen-bond donors (Lipinski definition) is 2. The smallest absolute Gasteiger partial charge is 0.312 e. The number of nitrogens with one attached hydrogen (secondary N) is 1. The van der Waals surface area contributed by atoms with Crippen molar-refractivity contribution >= 4 is 11.9 Å². The van der Waals surface area contributed by atoms with E-state index in [-0.39, 0.29) is 0 Å². The standard InChI is InChI=1S/C13H15NO5/c15-12(8-13(16)17)14-4-3-9-1-2-10-11(7-9)19-6-5-18-10/h1-2,7H,3-6,8H2,(H,14,15)(H,16,17). The molecule has 0 spiro atoms. The van der Waals surface area contributed by atoms with Gasteiger partial charge in [-0.15, -0.1) is 0 Å². The molecule has 0 bridgehead atoms. The highest BCUT2D eigenvalue weighted by Crippen LogP contribution is 2.30. The molecule has 0 fully saturated rings. The van der Waals surface area contributed by atoms with Crippen molar-refractivity contribution in [3.05, 3.63) is 23.8 Å². The lowest BCUT2D eigenvalue weighted by Gasteiger charge is -2.18. The Morgan fingerprint density at radius 3 is 2.68 bits per heavy atom. The molecule has 1 aliphatic heterocycles. The first-order chi connectivity index (χ1) is 9.15. The monoisotopic (exact) mass is 265 g/mol. The lowest BCUT2D eigenvalue weighted by molar-refractivity contribution is -0.140. The van der Waals surface area contributed by atoms with Crippen molar-refractivity contribution in [1.29, 1.82) is 0 Å². The largest absolute Gasteiger partial charge is 0.486 e. The molecular weight excluding hydrogens is 250 g/mol. The van der Waals surface area contributed by atoms with Gasteiger partial charge in [-0.2, -0.15) is 0 Å². The van der Waals surface area contributed by atoms with Crippen molar-refractivity contribution in [2.24, 2.45) is 0 Å². The van der Waals surface area contributed by atoms with E-state index < -0.39 is 18.3 Å². The molecule has 0 unspecified atom stereocenters. The van der Waals surface area contributed by atoms with Gasteiger partial charge in [0.15, 0.2) is 11.5 Å². The second kappa shape index (κ2) is 6.08. The molecule has 1 aromatic rings. The predicted octanol–water partition coefficient (Wildman–Crippen LogP) is 0.591. The second-order valence-electron chi connectivity index (χ2n) is 4.15. The van der Waals surface area contributed by atoms with E-state index in [1.807, 2.05) is 18.2 Å². The Bertz CT molecular complexity index is 486. The maximum absolute atomic E-state index is 11.1. The van der Waals surface area contributed by atoms with Gasteiger partial charge in [0, 0.05) is 6.54 Å². The van der Waals surface area contributed by atoms with Gasteiger partial charge >= 0.3 is 5.97 Å². The van der Waals surface area contributed by atoms with Crippen molar-refractivity contribution in [3.63, 3.8) is 0 Å². The zero-order valence-electron chi connectivity index (χ0n) is 10.3. The molecule has 102 valence electrons. The number of carboxylic acid groups (broad SMARTS) is 1. The number of fused-ring (bicyclic) bond motifs is 1. The third-order valence-electron chi connectivity index (χ3n) is 2.65. The first kappa shape index (κ1) is 13.2. The number of carboxylic acids is 1. The summed E-state index contributed by atoms with van der Waals surface area (Å²) in [7, 11) is 0. The molecule has 2 rings (SSSR count). The van der Waals surface area contributed by atoms with Crippen LogP contribution in [-0.2, 0) is 16.0 Å². The summed E-state index contributed by atoms with van der Waals surface area (Å²) in [5, 5.41) is 11.0. The summed E-state index contributed by atoms with van der Waals surface area (Å²) in [5.41, 5.74) is 1.000. The third-order valence-corrected chi connectivity index (χ3v) is 2.65. The fraction of sp³-hybridized carbons (Fsp3) is 0.385. The van der Waals surface area contributed by atoms with Gasteiger partial charge in [0.2, 0.25) is 5.91 Å². The van der Waals surface area contributed by atoms with Crippen molar-refractivity contribution in [3.8, 4) is 11.5 Å². The Labute approximate surface area is 110 Å². The molecule has 0 aliphatic carbocycles. The number of ether oxygens (including phenoxy) is 2. The van der Waals surface area contributed by atoms with Crippen LogP contribution in [0, 0.1) is 0 Å². The summed E-state index contributed by atoms with van der Waals surface area (Å²) < 4.78 is 10.9. The van der Waals surface area contributed by atoms with Crippen LogP contribution in [0.1, 0.15) is 12.0 Å². The van der Waals surface area contributed by atoms with Crippen LogP contribution in [-0.4, -0.2) is 36.7 Å². The topological polar surface area (TPSA) is 84.9 Å². The zero-order valence-corrected chi connectivity index (χ0v) is 10.3. The van der Waals surface area contributed by atoms with Crippen LogP contribution in [0.5, 0.6) is 11.5 Å². The molecule has 2 N–H and O–H groups in total. The molecule has 1 heterocycles. The van der Waals surface area contributed by atoms with Gasteiger partial charge in [0.1, 0.15) is 19.6 Å². The summed E-state index contributed by atoms with van der Waals surface area (Å²) in [5.74, 6) is -0.174. The minimum Gasteiger partial charge on any atom is -0.486 e. The van der Waals surface area contributed by atoms with E-state index >= 15 is 0 Å². The van der Waals surface area contributed by atoms with Crippen molar-refractivity contribution in [2.75, 3.05) is 19.8 Å². The van der Waals surface area contributed by atoms with Crippen molar-refractivity contribution in [1.82, 2.24) is 5.32 Å². The normalized spacial score (nSPS) is 12.8. The molecule has 1 aromatic carbocycles. The Kier molecular flexibility index (Phi) is 4.22. The number of carbonyl (C=O) groups excluding carboxylic acids is 1. The van der Waals surface area contributed by atoms with Gasteiger partial charge in [0.25, 0.3) is 0 Å². The molecule has 0 saturated heterocycles. The average Bonchev–Trinajstić information content (AvgIpc) is 2.37. The van der Waals surface area contributed by atoms with Crippen LogP contribution < -0.4 is 14.8 Å². The van der Waals surface area contributed by atoms with E-state index in [4.69, 9.17) is 14.6 Å². The van der Waals surface area contributed by atoms with Crippen LogP contribution in [0.4, 0.5) is 0 Å². The SMILES string of the molecule is O=C(O)CC(=O)NCCc1ccc2c(c1)OCCO2. The van der Waals surface area contributed by atoms with E-state index in [9.17, 15) is 9.59 Å². The van der Waals surface area contributed by atoms with E-state index in [2.05, 4.69) is 5.32 Å². The molecule has 0 atom stereocenters. The van der Waals surface area contributed by atoms with E-state index in [1.54, 1.807) is 0 Å².